The predicted molar refractivity (Wildman–Crippen MR) is 127 cm³/mol. The molecule has 4 aromatic rings. The van der Waals surface area contributed by atoms with Gasteiger partial charge in [-0.15, -0.1) is 0 Å². The lowest BCUT2D eigenvalue weighted by Gasteiger charge is -2.30. The molecule has 0 saturated heterocycles. The molecule has 1 aliphatic rings. The second kappa shape index (κ2) is 8.81. The number of ether oxygens (including phenoxy) is 2. The van der Waals surface area contributed by atoms with Crippen molar-refractivity contribution in [1.82, 2.24) is 10.3 Å². The van der Waals surface area contributed by atoms with Gasteiger partial charge in [-0.2, -0.15) is 0 Å². The van der Waals surface area contributed by atoms with Gasteiger partial charge >= 0.3 is 5.97 Å². The van der Waals surface area contributed by atoms with Gasteiger partial charge in [0.1, 0.15) is 12.6 Å². The van der Waals surface area contributed by atoms with Crippen molar-refractivity contribution in [1.29, 1.82) is 0 Å². The van der Waals surface area contributed by atoms with Crippen LogP contribution < -0.4 is 14.8 Å². The average molecular weight is 463 g/mol. The van der Waals surface area contributed by atoms with E-state index < -0.39 is 12.0 Å². The van der Waals surface area contributed by atoms with Gasteiger partial charge in [-0.25, -0.2) is 0 Å². The summed E-state index contributed by atoms with van der Waals surface area (Å²) in [5, 5.41) is 14.8. The number of aliphatic carboxylic acids is 1. The summed E-state index contributed by atoms with van der Waals surface area (Å²) in [4.78, 5) is 15.4. The second-order valence-electron chi connectivity index (χ2n) is 8.08. The first kappa shape index (κ1) is 21.4. The zero-order chi connectivity index (χ0) is 22.9. The van der Waals surface area contributed by atoms with Gasteiger partial charge < -0.3 is 19.6 Å². The lowest BCUT2D eigenvalue weighted by Crippen LogP contribution is -2.44. The molecule has 0 aliphatic carbocycles. The van der Waals surface area contributed by atoms with Gasteiger partial charge in [0.05, 0.1) is 13.2 Å². The van der Waals surface area contributed by atoms with E-state index in [9.17, 15) is 9.90 Å². The summed E-state index contributed by atoms with van der Waals surface area (Å²) in [5.74, 6) is 0.322. The van der Waals surface area contributed by atoms with Crippen LogP contribution >= 0.6 is 11.6 Å². The summed E-state index contributed by atoms with van der Waals surface area (Å²) in [5.41, 5.74) is 4.89. The Morgan fingerprint density at radius 1 is 1.09 bits per heavy atom. The zero-order valence-corrected chi connectivity index (χ0v) is 18.7. The number of hydrogen-bond acceptors (Lipinski definition) is 4. The number of aromatic nitrogens is 1. The van der Waals surface area contributed by atoms with E-state index in [0.717, 1.165) is 33.3 Å². The van der Waals surface area contributed by atoms with Crippen LogP contribution in [-0.4, -0.2) is 29.2 Å². The van der Waals surface area contributed by atoms with Crippen molar-refractivity contribution in [3.63, 3.8) is 0 Å². The van der Waals surface area contributed by atoms with Crippen molar-refractivity contribution in [2.75, 3.05) is 7.11 Å². The largest absolute Gasteiger partial charge is 0.493 e. The molecule has 2 atom stereocenters. The number of methoxy groups -OCH3 is 1. The van der Waals surface area contributed by atoms with Gasteiger partial charge in [-0.3, -0.25) is 10.1 Å². The van der Waals surface area contributed by atoms with Crippen molar-refractivity contribution < 1.29 is 19.4 Å². The first-order chi connectivity index (χ1) is 16.0. The summed E-state index contributed by atoms with van der Waals surface area (Å²) in [7, 11) is 1.59. The molecule has 1 aromatic heterocycles. The number of para-hydroxylation sites is 1. The number of carboxylic acids is 1. The zero-order valence-electron chi connectivity index (χ0n) is 18.0. The van der Waals surface area contributed by atoms with Crippen molar-refractivity contribution in [3.05, 3.63) is 94.1 Å². The van der Waals surface area contributed by atoms with Crippen LogP contribution in [0, 0.1) is 0 Å². The summed E-state index contributed by atoms with van der Waals surface area (Å²) in [6.45, 7) is 0.377. The molecule has 1 aliphatic heterocycles. The SMILES string of the molecule is COc1cc([C@H]2N[C@H](C(=O)O)Cc3c2[nH]c2ccccc32)ccc1OCc1ccc(Cl)cc1. The van der Waals surface area contributed by atoms with Crippen LogP contribution in [0.15, 0.2) is 66.7 Å². The Hall–Kier alpha value is -3.48. The highest BCUT2D eigenvalue weighted by Crippen LogP contribution is 2.38. The third-order valence-electron chi connectivity index (χ3n) is 6.04. The minimum Gasteiger partial charge on any atom is -0.493 e. The number of aromatic amines is 1. The van der Waals surface area contributed by atoms with Crippen molar-refractivity contribution >= 4 is 28.5 Å². The summed E-state index contributed by atoms with van der Waals surface area (Å²) in [6.07, 6.45) is 0.421. The average Bonchev–Trinajstić information content (AvgIpc) is 3.21. The topological polar surface area (TPSA) is 83.6 Å². The fourth-order valence-electron chi connectivity index (χ4n) is 4.38. The van der Waals surface area contributed by atoms with Crippen molar-refractivity contribution in [2.24, 2.45) is 0 Å². The van der Waals surface area contributed by atoms with Crippen LogP contribution in [0.1, 0.15) is 28.4 Å². The quantitative estimate of drug-likeness (QED) is 0.371. The van der Waals surface area contributed by atoms with Crippen molar-refractivity contribution in [2.45, 2.75) is 25.1 Å². The third kappa shape index (κ3) is 4.15. The monoisotopic (exact) mass is 462 g/mol. The summed E-state index contributed by atoms with van der Waals surface area (Å²) >= 11 is 5.95. The molecular weight excluding hydrogens is 440 g/mol. The van der Waals surface area contributed by atoms with E-state index in [1.165, 1.54) is 0 Å². The molecule has 3 aromatic carbocycles. The second-order valence-corrected chi connectivity index (χ2v) is 8.52. The minimum absolute atomic E-state index is 0.318. The van der Waals surface area contributed by atoms with Crippen LogP contribution in [0.4, 0.5) is 0 Å². The molecule has 0 fully saturated rings. The number of H-pyrrole nitrogens is 1. The Morgan fingerprint density at radius 2 is 1.88 bits per heavy atom. The van der Waals surface area contributed by atoms with Crippen LogP contribution in [0.2, 0.25) is 5.02 Å². The lowest BCUT2D eigenvalue weighted by atomic mass is 9.90. The molecule has 33 heavy (non-hydrogen) atoms. The smallest absolute Gasteiger partial charge is 0.321 e. The third-order valence-corrected chi connectivity index (χ3v) is 6.29. The molecule has 6 nitrogen and oxygen atoms in total. The first-order valence-corrected chi connectivity index (χ1v) is 11.0. The highest BCUT2D eigenvalue weighted by Gasteiger charge is 2.34. The molecule has 0 radical (unpaired) electrons. The van der Waals surface area contributed by atoms with E-state index in [1.807, 2.05) is 66.7 Å². The van der Waals surface area contributed by atoms with Gasteiger partial charge in [0.25, 0.3) is 0 Å². The Morgan fingerprint density at radius 3 is 2.64 bits per heavy atom. The molecule has 168 valence electrons. The molecule has 2 heterocycles. The van der Waals surface area contributed by atoms with Gasteiger partial charge in [0, 0.05) is 28.0 Å². The Kier molecular flexibility index (Phi) is 5.70. The minimum atomic E-state index is -0.870. The molecule has 7 heteroatoms. The Bertz CT molecular complexity index is 1320. The summed E-state index contributed by atoms with van der Waals surface area (Å²) in [6, 6.07) is 20.2. The number of fused-ring (bicyclic) bond motifs is 3. The normalized spacial score (nSPS) is 17.5. The molecule has 0 bridgehead atoms. The van der Waals surface area contributed by atoms with E-state index in [4.69, 9.17) is 21.1 Å². The van der Waals surface area contributed by atoms with Crippen LogP contribution in [-0.2, 0) is 17.8 Å². The Balaban J connectivity index is 1.48. The fraction of sp³-hybridized carbons (Fsp3) is 0.192. The van der Waals surface area contributed by atoms with Crippen LogP contribution in [0.3, 0.4) is 0 Å². The highest BCUT2D eigenvalue weighted by atomic mass is 35.5. The molecule has 0 spiro atoms. The van der Waals surface area contributed by atoms with E-state index in [2.05, 4.69) is 10.3 Å². The van der Waals surface area contributed by atoms with Gasteiger partial charge in [0.15, 0.2) is 11.5 Å². The predicted octanol–water partition coefficient (Wildman–Crippen LogP) is 5.10. The molecule has 0 amide bonds. The molecular formula is C26H23ClN2O4. The molecule has 5 rings (SSSR count). The number of benzene rings is 3. The van der Waals surface area contributed by atoms with E-state index in [0.29, 0.717) is 29.5 Å². The number of rotatable bonds is 6. The number of hydrogen-bond donors (Lipinski definition) is 3. The summed E-state index contributed by atoms with van der Waals surface area (Å²) < 4.78 is 11.6. The molecule has 0 unspecified atom stereocenters. The van der Waals surface area contributed by atoms with Crippen LogP contribution in [0.5, 0.6) is 11.5 Å². The van der Waals surface area contributed by atoms with E-state index in [-0.39, 0.29) is 6.04 Å². The fourth-order valence-corrected chi connectivity index (χ4v) is 4.51. The van der Waals surface area contributed by atoms with Gasteiger partial charge in [-0.05, 0) is 47.0 Å². The lowest BCUT2D eigenvalue weighted by molar-refractivity contribution is -0.139. The Labute approximate surface area is 196 Å². The number of carboxylic acid groups (broad SMARTS) is 1. The number of halogens is 1. The molecule has 3 N–H and O–H groups in total. The highest BCUT2D eigenvalue weighted by molar-refractivity contribution is 6.30. The van der Waals surface area contributed by atoms with Crippen LogP contribution in [0.25, 0.3) is 10.9 Å². The van der Waals surface area contributed by atoms with Gasteiger partial charge in [-0.1, -0.05) is 48.0 Å². The first-order valence-electron chi connectivity index (χ1n) is 10.7. The maximum atomic E-state index is 11.9. The molecule has 0 saturated carbocycles. The number of nitrogens with one attached hydrogen (secondary N) is 2. The van der Waals surface area contributed by atoms with Crippen molar-refractivity contribution in [3.8, 4) is 11.5 Å². The maximum absolute atomic E-state index is 11.9. The number of carbonyl (C=O) groups is 1. The standard InChI is InChI=1S/C26H23ClN2O4/c1-32-23-12-16(8-11-22(23)33-14-15-6-9-17(27)10-7-15)24-25-19(13-21(29-24)26(30)31)18-4-2-3-5-20(18)28-25/h2-12,21,24,28-29H,13-14H2,1H3,(H,30,31)/t21-,24+/m0/s1. The van der Waals surface area contributed by atoms with E-state index in [1.54, 1.807) is 7.11 Å². The van der Waals surface area contributed by atoms with E-state index >= 15 is 0 Å². The maximum Gasteiger partial charge on any atom is 0.321 e. The van der Waals surface area contributed by atoms with Gasteiger partial charge in [0.2, 0.25) is 0 Å².